The maximum Gasteiger partial charge on any atom is 0.276 e. The number of carbonyl (C=O) groups excluding carboxylic acids is 2. The topological polar surface area (TPSA) is 130 Å². The number of aromatic nitrogens is 2. The minimum Gasteiger partial charge on any atom is -0.385 e. The number of nitrogens with one attached hydrogen (secondary N) is 2. The highest BCUT2D eigenvalue weighted by atomic mass is 16.3. The second kappa shape index (κ2) is 4.07. The number of nitrogens with zero attached hydrogens (tertiary/aromatic N) is 2. The molecule has 1 aromatic heterocycles. The van der Waals surface area contributed by atoms with E-state index in [0.29, 0.717) is 0 Å². The van der Waals surface area contributed by atoms with Crippen LogP contribution in [0.3, 0.4) is 0 Å². The maximum atomic E-state index is 11.5. The van der Waals surface area contributed by atoms with Crippen LogP contribution in [0.5, 0.6) is 0 Å². The summed E-state index contributed by atoms with van der Waals surface area (Å²) in [5.74, 6) is -0.898. The number of nitrogens with two attached hydrogens (primary N) is 1. The average Bonchev–Trinajstić information content (AvgIpc) is 2.27. The molecule has 0 saturated carbocycles. The number of hydrogen-bond acceptors (Lipinski definition) is 7. The summed E-state index contributed by atoms with van der Waals surface area (Å²) in [5, 5.41) is 14.2. The summed E-state index contributed by atoms with van der Waals surface area (Å²) in [5.41, 5.74) is 5.39. The number of ketones is 1. The van der Waals surface area contributed by atoms with Crippen LogP contribution in [0.25, 0.3) is 0 Å². The Kier molecular flexibility index (Phi) is 2.74. The van der Waals surface area contributed by atoms with Gasteiger partial charge in [-0.15, -0.1) is 0 Å². The van der Waals surface area contributed by atoms with Gasteiger partial charge in [0.2, 0.25) is 5.78 Å². The van der Waals surface area contributed by atoms with Crippen LogP contribution >= 0.6 is 0 Å². The quantitative estimate of drug-likeness (QED) is 0.457. The Labute approximate surface area is 96.2 Å². The van der Waals surface area contributed by atoms with Crippen molar-refractivity contribution in [3.8, 4) is 0 Å². The number of hydrogen-bond donors (Lipinski definition) is 4. The molecule has 0 saturated heterocycles. The lowest BCUT2D eigenvalue weighted by Crippen LogP contribution is -2.51. The van der Waals surface area contributed by atoms with E-state index >= 15 is 0 Å². The van der Waals surface area contributed by atoms with E-state index < -0.39 is 24.1 Å². The van der Waals surface area contributed by atoms with E-state index in [0.717, 1.165) is 0 Å². The van der Waals surface area contributed by atoms with Crippen molar-refractivity contribution < 1.29 is 14.7 Å². The minimum atomic E-state index is -1.19. The van der Waals surface area contributed by atoms with Gasteiger partial charge in [0, 0.05) is 0 Å². The molecule has 0 bridgehead atoms. The molecule has 90 valence electrons. The first-order valence-electron chi connectivity index (χ1n) is 4.91. The summed E-state index contributed by atoms with van der Waals surface area (Å²) in [6.45, 7) is 1.32. The first-order chi connectivity index (χ1) is 7.99. The highest BCUT2D eigenvalue weighted by molar-refractivity contribution is 6.02. The molecule has 1 aliphatic heterocycles. The van der Waals surface area contributed by atoms with E-state index in [4.69, 9.17) is 10.8 Å². The van der Waals surface area contributed by atoms with Crippen LogP contribution < -0.4 is 16.4 Å². The van der Waals surface area contributed by atoms with Gasteiger partial charge in [0.25, 0.3) is 5.91 Å². The number of amides is 1. The monoisotopic (exact) mass is 237 g/mol. The largest absolute Gasteiger partial charge is 0.385 e. The summed E-state index contributed by atoms with van der Waals surface area (Å²) < 4.78 is 0. The van der Waals surface area contributed by atoms with Crippen LogP contribution in [0.2, 0.25) is 0 Å². The summed E-state index contributed by atoms with van der Waals surface area (Å²) in [4.78, 5) is 30.7. The number of aliphatic hydroxyl groups is 1. The molecular formula is C9H11N5O3. The van der Waals surface area contributed by atoms with Crippen LogP contribution in [-0.4, -0.2) is 39.2 Å². The van der Waals surface area contributed by atoms with E-state index in [-0.39, 0.29) is 17.2 Å². The lowest BCUT2D eigenvalue weighted by molar-refractivity contribution is 0.0773. The molecule has 0 aliphatic carbocycles. The summed E-state index contributed by atoms with van der Waals surface area (Å²) in [6, 6.07) is 0. The van der Waals surface area contributed by atoms with Crippen molar-refractivity contribution in [2.45, 2.75) is 19.3 Å². The third kappa shape index (κ3) is 2.08. The van der Waals surface area contributed by atoms with Crippen LogP contribution in [-0.2, 0) is 0 Å². The fourth-order valence-electron chi connectivity index (χ4n) is 1.38. The highest BCUT2D eigenvalue weighted by Crippen LogP contribution is 2.14. The first-order valence-corrected chi connectivity index (χ1v) is 4.91. The molecule has 8 heteroatoms. The first kappa shape index (κ1) is 11.4. The Hall–Kier alpha value is -2.06. The normalized spacial score (nSPS) is 19.9. The molecule has 2 atom stereocenters. The summed E-state index contributed by atoms with van der Waals surface area (Å²) in [6.07, 6.45) is -0.738. The number of aliphatic hydroxyl groups excluding tert-OH is 1. The van der Waals surface area contributed by atoms with Gasteiger partial charge in [-0.2, -0.15) is 0 Å². The van der Waals surface area contributed by atoms with Gasteiger partial charge in [-0.25, -0.2) is 9.97 Å². The lowest BCUT2D eigenvalue weighted by Gasteiger charge is -2.22. The molecule has 8 nitrogen and oxygen atoms in total. The molecular weight excluding hydrogens is 226 g/mol. The van der Waals surface area contributed by atoms with Gasteiger partial charge in [-0.1, -0.05) is 0 Å². The molecule has 5 N–H and O–H groups in total. The molecule has 2 unspecified atom stereocenters. The predicted octanol–water partition coefficient (Wildman–Crippen LogP) is -1.56. The van der Waals surface area contributed by atoms with Crippen molar-refractivity contribution in [3.05, 3.63) is 17.6 Å². The molecule has 17 heavy (non-hydrogen) atoms. The number of carbonyl (C=O) groups is 2. The second-order valence-electron chi connectivity index (χ2n) is 3.59. The Bertz CT molecular complexity index is 488. The Morgan fingerprint density at radius 2 is 2.29 bits per heavy atom. The highest BCUT2D eigenvalue weighted by Gasteiger charge is 2.26. The summed E-state index contributed by atoms with van der Waals surface area (Å²) >= 11 is 0. The zero-order valence-corrected chi connectivity index (χ0v) is 8.97. The van der Waals surface area contributed by atoms with E-state index in [9.17, 15) is 9.59 Å². The Morgan fingerprint density at radius 3 is 2.94 bits per heavy atom. The molecule has 1 aromatic rings. The van der Waals surface area contributed by atoms with Gasteiger partial charge in [-0.05, 0) is 6.92 Å². The van der Waals surface area contributed by atoms with Gasteiger partial charge < -0.3 is 15.7 Å². The molecule has 2 rings (SSSR count). The zero-order valence-electron chi connectivity index (χ0n) is 8.97. The molecule has 0 radical (unpaired) electrons. The molecule has 1 amide bonds. The second-order valence-corrected chi connectivity index (χ2v) is 3.59. The fraction of sp³-hybridized carbons (Fsp3) is 0.333. The smallest absolute Gasteiger partial charge is 0.276 e. The van der Waals surface area contributed by atoms with Gasteiger partial charge in [0.05, 0.1) is 6.20 Å². The predicted molar refractivity (Wildman–Crippen MR) is 57.1 cm³/mol. The number of rotatable bonds is 2. The maximum absolute atomic E-state index is 11.5. The average molecular weight is 237 g/mol. The van der Waals surface area contributed by atoms with Gasteiger partial charge in [0.15, 0.2) is 17.8 Å². The van der Waals surface area contributed by atoms with Crippen molar-refractivity contribution in [2.24, 2.45) is 5.73 Å². The third-order valence-electron chi connectivity index (χ3n) is 2.20. The van der Waals surface area contributed by atoms with E-state index in [1.807, 2.05) is 0 Å². The van der Waals surface area contributed by atoms with E-state index in [1.54, 1.807) is 0 Å². The fourth-order valence-corrected chi connectivity index (χ4v) is 1.38. The van der Waals surface area contributed by atoms with E-state index in [2.05, 4.69) is 20.6 Å². The van der Waals surface area contributed by atoms with Crippen molar-refractivity contribution in [1.82, 2.24) is 15.3 Å². The third-order valence-corrected chi connectivity index (χ3v) is 2.20. The Balaban J connectivity index is 2.40. The molecule has 0 spiro atoms. The van der Waals surface area contributed by atoms with Crippen molar-refractivity contribution in [2.75, 3.05) is 5.32 Å². The van der Waals surface area contributed by atoms with Crippen molar-refractivity contribution in [1.29, 1.82) is 0 Å². The standard InChI is InChI=1S/C9H11N5O3/c1-3(15)6(16)4-2-11-7-5(12-4)8(17)14-9(10)13-7/h2-3,9,15H,10H2,1H3,(H,11,13)(H,14,17). The zero-order chi connectivity index (χ0) is 12.6. The van der Waals surface area contributed by atoms with Crippen LogP contribution in [0.15, 0.2) is 6.20 Å². The number of anilines is 1. The molecule has 0 fully saturated rings. The van der Waals surface area contributed by atoms with Crippen molar-refractivity contribution in [3.63, 3.8) is 0 Å². The minimum absolute atomic E-state index is 0.0156. The van der Waals surface area contributed by atoms with Crippen LogP contribution in [0.4, 0.5) is 5.82 Å². The Morgan fingerprint density at radius 1 is 1.59 bits per heavy atom. The SMILES string of the molecule is CC(O)C(=O)c1cnc2c(n1)C(=O)NC(N)N2. The number of Topliss-reactive ketones (excluding diaryl/α,β-unsaturated/α-hetero) is 1. The summed E-state index contributed by atoms with van der Waals surface area (Å²) in [7, 11) is 0. The number of fused-ring (bicyclic) bond motifs is 1. The van der Waals surface area contributed by atoms with Gasteiger partial charge in [-0.3, -0.25) is 15.3 Å². The molecule has 1 aliphatic rings. The van der Waals surface area contributed by atoms with E-state index in [1.165, 1.54) is 13.1 Å². The lowest BCUT2D eigenvalue weighted by atomic mass is 10.2. The molecule has 2 heterocycles. The van der Waals surface area contributed by atoms with Crippen LogP contribution in [0.1, 0.15) is 27.9 Å². The van der Waals surface area contributed by atoms with Crippen LogP contribution in [0, 0.1) is 0 Å². The molecule has 0 aromatic carbocycles. The van der Waals surface area contributed by atoms with Crippen molar-refractivity contribution >= 4 is 17.5 Å². The van der Waals surface area contributed by atoms with Gasteiger partial charge >= 0.3 is 0 Å². The van der Waals surface area contributed by atoms with Gasteiger partial charge in [0.1, 0.15) is 11.8 Å².